The van der Waals surface area contributed by atoms with Gasteiger partial charge >= 0.3 is 6.03 Å². The van der Waals surface area contributed by atoms with Crippen LogP contribution in [0.4, 0.5) is 10.5 Å². The monoisotopic (exact) mass is 223 g/mol. The van der Waals surface area contributed by atoms with Gasteiger partial charge in [-0.1, -0.05) is 0 Å². The van der Waals surface area contributed by atoms with E-state index in [0.717, 1.165) is 0 Å². The Hall–Kier alpha value is -1.75. The van der Waals surface area contributed by atoms with Crippen molar-refractivity contribution in [3.8, 4) is 0 Å². The second kappa shape index (κ2) is 3.78. The molecule has 0 radical (unpaired) electrons. The lowest BCUT2D eigenvalue weighted by Gasteiger charge is -2.00. The molecule has 3 amide bonds. The van der Waals surface area contributed by atoms with Crippen molar-refractivity contribution in [2.75, 3.05) is 11.2 Å². The van der Waals surface area contributed by atoms with Crippen LogP contribution in [0.15, 0.2) is 28.2 Å². The Morgan fingerprint density at radius 3 is 2.80 bits per heavy atom. The molecule has 1 aromatic rings. The van der Waals surface area contributed by atoms with E-state index in [1.165, 1.54) is 0 Å². The molecule has 1 N–H and O–H groups in total. The largest absolute Gasteiger partial charge is 0.368 e. The SMILES string of the molecule is O=C1N=c2ccc(NC(=O)CCl)cc2=N1. The average molecular weight is 224 g/mol. The first-order chi connectivity index (χ1) is 7.19. The maximum Gasteiger partial charge on any atom is 0.368 e. The molecule has 2 rings (SSSR count). The third-order valence-electron chi connectivity index (χ3n) is 1.81. The van der Waals surface area contributed by atoms with Crippen LogP contribution in [0, 0.1) is 0 Å². The summed E-state index contributed by atoms with van der Waals surface area (Å²) >= 11 is 5.33. The second-order valence-electron chi connectivity index (χ2n) is 2.89. The average Bonchev–Trinajstić information content (AvgIpc) is 2.57. The number of hydrogen-bond acceptors (Lipinski definition) is 2. The van der Waals surface area contributed by atoms with Crippen molar-refractivity contribution in [3.63, 3.8) is 0 Å². The number of amides is 3. The van der Waals surface area contributed by atoms with E-state index in [-0.39, 0.29) is 11.8 Å². The van der Waals surface area contributed by atoms with Crippen molar-refractivity contribution < 1.29 is 9.59 Å². The number of benzene rings is 1. The standard InChI is InChI=1S/C9H6ClN3O2/c10-4-8(14)11-5-1-2-6-7(3-5)13-9(15)12-6/h1-3H,4H2,(H,11,14). The van der Waals surface area contributed by atoms with Gasteiger partial charge < -0.3 is 5.32 Å². The lowest BCUT2D eigenvalue weighted by molar-refractivity contribution is -0.113. The van der Waals surface area contributed by atoms with Crippen molar-refractivity contribution in [2.24, 2.45) is 9.98 Å². The van der Waals surface area contributed by atoms with Crippen molar-refractivity contribution in [3.05, 3.63) is 28.9 Å². The maximum absolute atomic E-state index is 11.0. The molecule has 5 nitrogen and oxygen atoms in total. The van der Waals surface area contributed by atoms with Crippen LogP contribution in [0.3, 0.4) is 0 Å². The highest BCUT2D eigenvalue weighted by Gasteiger charge is 2.06. The summed E-state index contributed by atoms with van der Waals surface area (Å²) in [6, 6.07) is 4.31. The Bertz CT molecular complexity index is 553. The number of urea groups is 1. The fourth-order valence-electron chi connectivity index (χ4n) is 1.21. The third kappa shape index (κ3) is 2.02. The van der Waals surface area contributed by atoms with Gasteiger partial charge in [0.05, 0.1) is 10.7 Å². The van der Waals surface area contributed by atoms with Gasteiger partial charge in [-0.2, -0.15) is 9.98 Å². The summed E-state index contributed by atoms with van der Waals surface area (Å²) in [4.78, 5) is 29.1. The van der Waals surface area contributed by atoms with Gasteiger partial charge in [0.1, 0.15) is 5.88 Å². The van der Waals surface area contributed by atoms with E-state index >= 15 is 0 Å². The lowest BCUT2D eigenvalue weighted by Crippen LogP contribution is -2.23. The molecule has 0 spiro atoms. The van der Waals surface area contributed by atoms with Crippen LogP contribution in [0.25, 0.3) is 0 Å². The van der Waals surface area contributed by atoms with Crippen LogP contribution in [0.1, 0.15) is 0 Å². The van der Waals surface area contributed by atoms with Gasteiger partial charge in [-0.05, 0) is 18.2 Å². The summed E-state index contributed by atoms with van der Waals surface area (Å²) in [5.41, 5.74) is 0.549. The molecule has 1 heterocycles. The zero-order chi connectivity index (χ0) is 10.8. The Morgan fingerprint density at radius 2 is 2.07 bits per heavy atom. The summed E-state index contributed by atoms with van der Waals surface area (Å²) in [7, 11) is 0. The van der Waals surface area contributed by atoms with Gasteiger partial charge in [0, 0.05) is 5.69 Å². The van der Waals surface area contributed by atoms with Gasteiger partial charge in [0.2, 0.25) is 5.91 Å². The molecule has 0 saturated carbocycles. The van der Waals surface area contributed by atoms with E-state index in [0.29, 0.717) is 16.4 Å². The number of anilines is 1. The summed E-state index contributed by atoms with van der Waals surface area (Å²) in [6.07, 6.45) is 0. The highest BCUT2D eigenvalue weighted by Crippen LogP contribution is 2.01. The molecule has 76 valence electrons. The van der Waals surface area contributed by atoms with Crippen LogP contribution in [-0.2, 0) is 4.79 Å². The Morgan fingerprint density at radius 1 is 1.33 bits per heavy atom. The molecule has 1 aromatic carbocycles. The minimum Gasteiger partial charge on any atom is -0.325 e. The fourth-order valence-corrected chi connectivity index (χ4v) is 1.28. The van der Waals surface area contributed by atoms with Crippen LogP contribution < -0.4 is 16.0 Å². The quantitative estimate of drug-likeness (QED) is 0.730. The predicted octanol–water partition coefficient (Wildman–Crippen LogP) is 0.237. The molecule has 0 saturated heterocycles. The van der Waals surface area contributed by atoms with Crippen molar-refractivity contribution in [1.29, 1.82) is 0 Å². The number of rotatable bonds is 2. The first-order valence-electron chi connectivity index (χ1n) is 4.16. The fraction of sp³-hybridized carbons (Fsp3) is 0.111. The number of nitrogens with one attached hydrogen (secondary N) is 1. The van der Waals surface area contributed by atoms with Crippen molar-refractivity contribution >= 4 is 29.2 Å². The first kappa shape index (κ1) is 9.79. The van der Waals surface area contributed by atoms with Gasteiger partial charge in [-0.15, -0.1) is 11.6 Å². The van der Waals surface area contributed by atoms with Crippen LogP contribution in [0.2, 0.25) is 0 Å². The molecule has 15 heavy (non-hydrogen) atoms. The van der Waals surface area contributed by atoms with E-state index in [1.807, 2.05) is 0 Å². The van der Waals surface area contributed by atoms with E-state index in [9.17, 15) is 9.59 Å². The maximum atomic E-state index is 11.0. The summed E-state index contributed by atoms with van der Waals surface area (Å²) in [6.45, 7) is 0. The molecule has 0 aromatic heterocycles. The molecule has 0 atom stereocenters. The summed E-state index contributed by atoms with van der Waals surface area (Å²) in [5.74, 6) is -0.421. The lowest BCUT2D eigenvalue weighted by atomic mass is 10.3. The molecule has 1 aliphatic rings. The predicted molar refractivity (Wildman–Crippen MR) is 53.5 cm³/mol. The zero-order valence-corrected chi connectivity index (χ0v) is 8.28. The van der Waals surface area contributed by atoms with E-state index in [2.05, 4.69) is 15.3 Å². The Kier molecular flexibility index (Phi) is 2.47. The molecule has 0 bridgehead atoms. The number of carbonyl (C=O) groups excluding carboxylic acids is 2. The summed E-state index contributed by atoms with van der Waals surface area (Å²) in [5, 5.41) is 3.53. The highest BCUT2D eigenvalue weighted by molar-refractivity contribution is 6.29. The number of carbonyl (C=O) groups is 2. The first-order valence-corrected chi connectivity index (χ1v) is 4.70. The van der Waals surface area contributed by atoms with Crippen LogP contribution in [-0.4, -0.2) is 17.8 Å². The third-order valence-corrected chi connectivity index (χ3v) is 2.06. The summed E-state index contributed by atoms with van der Waals surface area (Å²) < 4.78 is 0. The van der Waals surface area contributed by atoms with Gasteiger partial charge in [0.15, 0.2) is 0 Å². The van der Waals surface area contributed by atoms with Crippen molar-refractivity contribution in [2.45, 2.75) is 0 Å². The van der Waals surface area contributed by atoms with Gasteiger partial charge in [0.25, 0.3) is 0 Å². The smallest absolute Gasteiger partial charge is 0.325 e. The normalized spacial score (nSPS) is 12.7. The molecule has 6 heteroatoms. The number of fused-ring (bicyclic) bond motifs is 1. The highest BCUT2D eigenvalue weighted by atomic mass is 35.5. The Labute approximate surface area is 89.5 Å². The van der Waals surface area contributed by atoms with Crippen molar-refractivity contribution in [1.82, 2.24) is 0 Å². The number of hydrogen-bond donors (Lipinski definition) is 1. The molecule has 0 aliphatic carbocycles. The van der Waals surface area contributed by atoms with Crippen LogP contribution >= 0.6 is 11.6 Å². The Balaban J connectivity index is 2.37. The van der Waals surface area contributed by atoms with Gasteiger partial charge in [-0.25, -0.2) is 4.79 Å². The molecule has 0 unspecified atom stereocenters. The van der Waals surface area contributed by atoms with Crippen LogP contribution in [0.5, 0.6) is 0 Å². The zero-order valence-electron chi connectivity index (χ0n) is 7.53. The number of alkyl halides is 1. The van der Waals surface area contributed by atoms with E-state index in [1.54, 1.807) is 18.2 Å². The number of halogens is 1. The van der Waals surface area contributed by atoms with Gasteiger partial charge in [-0.3, -0.25) is 4.79 Å². The minimum absolute atomic E-state index is 0.114. The number of nitrogens with zero attached hydrogens (tertiary/aromatic N) is 2. The molecule has 1 aliphatic heterocycles. The van der Waals surface area contributed by atoms with E-state index in [4.69, 9.17) is 11.6 Å². The topological polar surface area (TPSA) is 70.9 Å². The minimum atomic E-state index is -0.522. The van der Waals surface area contributed by atoms with E-state index < -0.39 is 6.03 Å². The molecular weight excluding hydrogens is 218 g/mol. The molecular formula is C9H6ClN3O2. The molecule has 0 fully saturated rings. The second-order valence-corrected chi connectivity index (χ2v) is 3.16.